The van der Waals surface area contributed by atoms with Gasteiger partial charge in [0.2, 0.25) is 5.92 Å². The van der Waals surface area contributed by atoms with Crippen LogP contribution in [0.15, 0.2) is 33.9 Å². The van der Waals surface area contributed by atoms with Crippen LogP contribution in [0.2, 0.25) is 5.02 Å². The Morgan fingerprint density at radius 2 is 1.87 bits per heavy atom. The number of nitrogens with one attached hydrogen (secondary N) is 2. The molecule has 2 amide bonds. The van der Waals surface area contributed by atoms with Gasteiger partial charge in [0.25, 0.3) is 5.56 Å². The van der Waals surface area contributed by atoms with Crippen LogP contribution in [0, 0.1) is 28.9 Å². The summed E-state index contributed by atoms with van der Waals surface area (Å²) in [6.07, 6.45) is -3.47. The smallest absolute Gasteiger partial charge is 0.331 e. The summed E-state index contributed by atoms with van der Waals surface area (Å²) in [5.41, 5.74) is -2.22. The molecule has 3 N–H and O–H groups in total. The van der Waals surface area contributed by atoms with E-state index in [4.69, 9.17) is 21.6 Å². The number of aliphatic hydroxyl groups is 1. The topological polar surface area (TPSA) is 142 Å². The van der Waals surface area contributed by atoms with Crippen LogP contribution < -0.4 is 21.9 Å². The molecule has 2 aliphatic rings. The van der Waals surface area contributed by atoms with Gasteiger partial charge in [-0.3, -0.25) is 13.9 Å². The fourth-order valence-corrected chi connectivity index (χ4v) is 5.77. The molecular weight excluding hydrogens is 624 g/mol. The third-order valence-corrected chi connectivity index (χ3v) is 8.16. The van der Waals surface area contributed by atoms with Gasteiger partial charge in [-0.1, -0.05) is 11.6 Å². The van der Waals surface area contributed by atoms with Gasteiger partial charge < -0.3 is 25.4 Å². The highest BCUT2D eigenvalue weighted by atomic mass is 35.5. The molecule has 11 nitrogen and oxygen atoms in total. The number of halogens is 5. The Labute approximate surface area is 258 Å². The Morgan fingerprint density at radius 3 is 2.51 bits per heavy atom. The lowest BCUT2D eigenvalue weighted by Crippen LogP contribution is -2.52. The van der Waals surface area contributed by atoms with Crippen molar-refractivity contribution in [2.75, 3.05) is 30.3 Å². The molecule has 2 fully saturated rings. The Kier molecular flexibility index (Phi) is 8.85. The number of nitrogens with zero attached hydrogens (tertiary/aromatic N) is 4. The van der Waals surface area contributed by atoms with Gasteiger partial charge in [-0.25, -0.2) is 27.2 Å². The molecule has 2 heterocycles. The lowest BCUT2D eigenvalue weighted by atomic mass is 9.81. The lowest BCUT2D eigenvalue weighted by Gasteiger charge is -2.35. The van der Waals surface area contributed by atoms with Gasteiger partial charge in [-0.15, -0.1) is 0 Å². The molecule has 240 valence electrons. The summed E-state index contributed by atoms with van der Waals surface area (Å²) in [5, 5.41) is 24.4. The number of benzene rings is 2. The van der Waals surface area contributed by atoms with E-state index in [0.717, 1.165) is 28.8 Å². The largest absolute Gasteiger partial charge is 0.371 e. The van der Waals surface area contributed by atoms with Crippen LogP contribution in [0.5, 0.6) is 0 Å². The number of ether oxygens (including phenoxy) is 1. The first-order valence-electron chi connectivity index (χ1n) is 14.1. The van der Waals surface area contributed by atoms with Gasteiger partial charge in [-0.2, -0.15) is 5.26 Å². The lowest BCUT2D eigenvalue weighted by molar-refractivity contribution is -0.114. The second-order valence-corrected chi connectivity index (χ2v) is 11.8. The number of morpholine rings is 1. The van der Waals surface area contributed by atoms with E-state index in [9.17, 15) is 32.7 Å². The SMILES string of the molecule is CC(C)n1c(=O)n(CC2CC(F)(F)C2)c(=O)c2cc(NC(=O)N3CCO[C@@H](C(O)Nc4cc(Cl)c(C#N)cc4F)C3)c(F)cc21. The molecule has 1 saturated heterocycles. The predicted octanol–water partition coefficient (Wildman–Crippen LogP) is 4.26. The van der Waals surface area contributed by atoms with Crippen molar-refractivity contribution in [3.8, 4) is 6.07 Å². The number of anilines is 2. The molecule has 1 unspecified atom stereocenters. The molecule has 45 heavy (non-hydrogen) atoms. The summed E-state index contributed by atoms with van der Waals surface area (Å²) in [5.74, 6) is -5.20. The maximum Gasteiger partial charge on any atom is 0.331 e. The Balaban J connectivity index is 1.36. The molecule has 5 rings (SSSR count). The van der Waals surface area contributed by atoms with Crippen LogP contribution in [0.4, 0.5) is 33.7 Å². The van der Waals surface area contributed by atoms with Gasteiger partial charge in [0, 0.05) is 38.0 Å². The van der Waals surface area contributed by atoms with Gasteiger partial charge in [0.05, 0.1) is 46.0 Å². The number of urea groups is 1. The van der Waals surface area contributed by atoms with E-state index in [1.807, 2.05) is 0 Å². The molecular formula is C29H29ClF4N6O5. The molecule has 3 aromatic rings. The van der Waals surface area contributed by atoms with Crippen LogP contribution in [-0.4, -0.2) is 63.1 Å². The Bertz CT molecular complexity index is 1820. The highest BCUT2D eigenvalue weighted by Gasteiger charge is 2.45. The van der Waals surface area contributed by atoms with Crippen molar-refractivity contribution < 1.29 is 32.2 Å². The van der Waals surface area contributed by atoms with Gasteiger partial charge in [0.15, 0.2) is 6.23 Å². The van der Waals surface area contributed by atoms with Crippen LogP contribution in [0.25, 0.3) is 10.9 Å². The predicted molar refractivity (Wildman–Crippen MR) is 157 cm³/mol. The van der Waals surface area contributed by atoms with Gasteiger partial charge in [0.1, 0.15) is 23.8 Å². The van der Waals surface area contributed by atoms with Gasteiger partial charge >= 0.3 is 11.7 Å². The number of fused-ring (bicyclic) bond motifs is 1. The van der Waals surface area contributed by atoms with Crippen molar-refractivity contribution in [2.24, 2.45) is 5.92 Å². The number of carbonyl (C=O) groups excluding carboxylic acids is 1. The van der Waals surface area contributed by atoms with Crippen molar-refractivity contribution in [3.63, 3.8) is 0 Å². The zero-order valence-electron chi connectivity index (χ0n) is 24.1. The highest BCUT2D eigenvalue weighted by Crippen LogP contribution is 2.42. The third-order valence-electron chi connectivity index (χ3n) is 7.84. The summed E-state index contributed by atoms with van der Waals surface area (Å²) in [6, 6.07) is 4.53. The molecule has 0 spiro atoms. The molecule has 1 saturated carbocycles. The first kappa shape index (κ1) is 32.3. The summed E-state index contributed by atoms with van der Waals surface area (Å²) in [7, 11) is 0. The zero-order chi connectivity index (χ0) is 32.8. The Hall–Kier alpha value is -4.13. The number of rotatable bonds is 7. The molecule has 1 aliphatic carbocycles. The standard InChI is InChI=1S/C29H29ClF4N6O5/c1-14(2)40-23-8-20(32)21(6-17(23)26(42)39(28(40)44)12-15-9-29(33,34)10-15)37-27(43)38-3-4-45-24(13-38)25(41)36-22-7-18(30)16(11-35)5-19(22)31/h5-8,14-15,24-25,36,41H,3-4,9-10,12-13H2,1-2H3,(H,37,43)/t24-,25?/m1/s1. The minimum Gasteiger partial charge on any atom is -0.371 e. The zero-order valence-corrected chi connectivity index (χ0v) is 24.9. The second-order valence-electron chi connectivity index (χ2n) is 11.4. The van der Waals surface area contributed by atoms with Crippen molar-refractivity contribution >= 4 is 39.9 Å². The average molecular weight is 653 g/mol. The molecule has 2 aromatic carbocycles. The van der Waals surface area contributed by atoms with E-state index in [2.05, 4.69) is 10.6 Å². The van der Waals surface area contributed by atoms with Crippen LogP contribution in [0.1, 0.15) is 38.3 Å². The van der Waals surface area contributed by atoms with E-state index in [-0.39, 0.29) is 59.1 Å². The molecule has 1 aromatic heterocycles. The number of aromatic nitrogens is 2. The summed E-state index contributed by atoms with van der Waals surface area (Å²) >= 11 is 5.95. The number of hydrogen-bond acceptors (Lipinski definition) is 7. The number of carbonyl (C=O) groups is 1. The minimum atomic E-state index is -2.85. The van der Waals surface area contributed by atoms with Crippen LogP contribution >= 0.6 is 11.6 Å². The number of alkyl halides is 2. The summed E-state index contributed by atoms with van der Waals surface area (Å²) in [4.78, 5) is 40.9. The molecule has 1 aliphatic heterocycles. The van der Waals surface area contributed by atoms with Gasteiger partial charge in [-0.05, 0) is 38.0 Å². The molecule has 0 bridgehead atoms. The second kappa shape index (κ2) is 12.3. The van der Waals surface area contributed by atoms with E-state index in [0.29, 0.717) is 0 Å². The molecule has 0 radical (unpaired) electrons. The van der Waals surface area contributed by atoms with Crippen molar-refractivity contribution in [1.82, 2.24) is 14.0 Å². The number of amides is 2. The summed E-state index contributed by atoms with van der Waals surface area (Å²) < 4.78 is 64.2. The van der Waals surface area contributed by atoms with Crippen molar-refractivity contribution in [1.29, 1.82) is 5.26 Å². The number of hydrogen-bond donors (Lipinski definition) is 3. The fourth-order valence-electron chi connectivity index (χ4n) is 5.57. The van der Waals surface area contributed by atoms with E-state index >= 15 is 4.39 Å². The third kappa shape index (κ3) is 6.49. The normalized spacial score (nSPS) is 18.8. The highest BCUT2D eigenvalue weighted by molar-refractivity contribution is 6.32. The first-order chi connectivity index (χ1) is 21.2. The molecule has 2 atom stereocenters. The first-order valence-corrected chi connectivity index (χ1v) is 14.4. The number of nitriles is 1. The summed E-state index contributed by atoms with van der Waals surface area (Å²) in [6.45, 7) is 2.91. The monoisotopic (exact) mass is 652 g/mol. The maximum absolute atomic E-state index is 15.3. The van der Waals surface area contributed by atoms with E-state index in [1.54, 1.807) is 19.9 Å². The van der Waals surface area contributed by atoms with Crippen molar-refractivity contribution in [3.05, 3.63) is 67.3 Å². The van der Waals surface area contributed by atoms with Crippen molar-refractivity contribution in [2.45, 2.75) is 57.5 Å². The quantitative estimate of drug-likeness (QED) is 0.256. The van der Waals surface area contributed by atoms with E-state index in [1.165, 1.54) is 9.47 Å². The fraction of sp³-hybridized carbons (Fsp3) is 0.448. The number of aliphatic hydroxyl groups excluding tert-OH is 1. The average Bonchev–Trinajstić information content (AvgIpc) is 2.96. The van der Waals surface area contributed by atoms with E-state index < -0.39 is 72.0 Å². The maximum atomic E-state index is 15.3. The van der Waals surface area contributed by atoms with Crippen LogP contribution in [0.3, 0.4) is 0 Å². The minimum absolute atomic E-state index is 0.0125. The molecule has 16 heteroatoms. The Morgan fingerprint density at radius 1 is 1.18 bits per heavy atom. The van der Waals surface area contributed by atoms with Crippen LogP contribution in [-0.2, 0) is 11.3 Å².